The van der Waals surface area contributed by atoms with E-state index < -0.39 is 0 Å². The molecule has 8 aliphatic rings. The molecule has 0 aromatic heterocycles. The lowest BCUT2D eigenvalue weighted by molar-refractivity contribution is -0.172. The Morgan fingerprint density at radius 2 is 0.931 bits per heavy atom. The molecule has 8 fully saturated rings. The zero-order chi connectivity index (χ0) is 41.9. The molecule has 8 rings (SSSR count). The van der Waals surface area contributed by atoms with Crippen LogP contribution in [0.15, 0.2) is 0 Å². The topological polar surface area (TPSA) is 113 Å². The molecular formula is C51H86O7. The summed E-state index contributed by atoms with van der Waals surface area (Å²) in [7, 11) is 2.98. The van der Waals surface area contributed by atoms with Crippen molar-refractivity contribution in [2.24, 2.45) is 98.6 Å². The average Bonchev–Trinajstić information content (AvgIpc) is 3.74. The van der Waals surface area contributed by atoms with Crippen molar-refractivity contribution in [3.63, 3.8) is 0 Å². The summed E-state index contributed by atoms with van der Waals surface area (Å²) in [6.07, 6.45) is 21.4. The SMILES string of the molecule is COC(=O)CC[C@@H](C)C1CCC2C3C[C@H](O)C4C[C@H](C)CC[C@]4(C)C3CC[C@@]21C.COC(=O)CC[C@@H](C)C1CCC2C3C[C@H](O)C4C[C@H](O)CC[C@]4(C)C3CC[C@@]21C. The van der Waals surface area contributed by atoms with E-state index in [1.807, 2.05) is 0 Å². The summed E-state index contributed by atoms with van der Waals surface area (Å²) in [5.41, 5.74) is 1.28. The zero-order valence-corrected chi connectivity index (χ0v) is 38.4. The zero-order valence-electron chi connectivity index (χ0n) is 38.4. The third-order valence-corrected chi connectivity index (χ3v) is 21.2. The van der Waals surface area contributed by atoms with Gasteiger partial charge in [0.15, 0.2) is 0 Å². The van der Waals surface area contributed by atoms with E-state index in [0.717, 1.165) is 62.7 Å². The van der Waals surface area contributed by atoms with E-state index in [2.05, 4.69) is 48.5 Å². The molecule has 7 nitrogen and oxygen atoms in total. The second-order valence-electron chi connectivity index (χ2n) is 23.5. The van der Waals surface area contributed by atoms with Crippen molar-refractivity contribution in [1.82, 2.24) is 0 Å². The second kappa shape index (κ2) is 17.2. The summed E-state index contributed by atoms with van der Waals surface area (Å²) >= 11 is 0. The molecule has 20 atom stereocenters. The smallest absolute Gasteiger partial charge is 0.305 e. The summed E-state index contributed by atoms with van der Waals surface area (Å²) in [6, 6.07) is 0. The number of hydrogen-bond donors (Lipinski definition) is 3. The molecule has 7 heteroatoms. The van der Waals surface area contributed by atoms with Gasteiger partial charge in [0.05, 0.1) is 32.5 Å². The first-order valence-corrected chi connectivity index (χ1v) is 24.6. The first kappa shape index (κ1) is 44.9. The van der Waals surface area contributed by atoms with Gasteiger partial charge >= 0.3 is 11.9 Å². The standard InChI is InChI=1S/C26H44O3.C25H42O4/c1-16-10-12-26(4)21-11-13-25(3)19(17(2)6-9-24(28)29-5)7-8-20(25)18(21)15-23(27)22(26)14-16;1-15(5-8-23(28)29-4)18-6-7-19-17-14-22(27)21-13-16(26)9-11-25(21,3)20(17)10-12-24(18,19)2/h16-23,27H,6-15H2,1-5H3;15-22,26-27H,5-14H2,1-4H3/t16-,17-,18?,19?,20?,21?,22?,23+,25-,26-;15-,16-,17?,18?,19?,20?,21?,22+,24-,25-/m11/s1. The molecule has 0 aliphatic heterocycles. The number of hydrogen-bond acceptors (Lipinski definition) is 7. The fourth-order valence-electron chi connectivity index (χ4n) is 18.0. The second-order valence-corrected chi connectivity index (χ2v) is 23.5. The van der Waals surface area contributed by atoms with Crippen LogP contribution < -0.4 is 0 Å². The minimum atomic E-state index is -0.255. The third-order valence-electron chi connectivity index (χ3n) is 21.2. The van der Waals surface area contributed by atoms with Crippen LogP contribution in [0.2, 0.25) is 0 Å². The van der Waals surface area contributed by atoms with Gasteiger partial charge < -0.3 is 24.8 Å². The minimum Gasteiger partial charge on any atom is -0.469 e. The van der Waals surface area contributed by atoms with Crippen LogP contribution in [0, 0.1) is 98.6 Å². The molecule has 8 aliphatic carbocycles. The van der Waals surface area contributed by atoms with Crippen LogP contribution in [0.3, 0.4) is 0 Å². The van der Waals surface area contributed by atoms with Gasteiger partial charge in [-0.15, -0.1) is 0 Å². The van der Waals surface area contributed by atoms with Gasteiger partial charge in [0.2, 0.25) is 0 Å². The maximum Gasteiger partial charge on any atom is 0.305 e. The van der Waals surface area contributed by atoms with E-state index >= 15 is 0 Å². The Morgan fingerprint density at radius 3 is 1.38 bits per heavy atom. The van der Waals surface area contributed by atoms with Gasteiger partial charge in [-0.2, -0.15) is 0 Å². The van der Waals surface area contributed by atoms with Gasteiger partial charge in [0, 0.05) is 12.8 Å². The summed E-state index contributed by atoms with van der Waals surface area (Å²) in [4.78, 5) is 23.3. The van der Waals surface area contributed by atoms with E-state index in [9.17, 15) is 24.9 Å². The Balaban J connectivity index is 0.000000177. The van der Waals surface area contributed by atoms with E-state index in [1.165, 1.54) is 84.8 Å². The lowest BCUT2D eigenvalue weighted by Crippen LogP contribution is -2.58. The molecule has 0 heterocycles. The van der Waals surface area contributed by atoms with Crippen molar-refractivity contribution in [2.75, 3.05) is 14.2 Å². The summed E-state index contributed by atoms with van der Waals surface area (Å²) in [5, 5.41) is 32.6. The lowest BCUT2D eigenvalue weighted by atomic mass is 9.43. The number of carbonyl (C=O) groups is 2. The molecule has 0 amide bonds. The largest absolute Gasteiger partial charge is 0.469 e. The van der Waals surface area contributed by atoms with Gasteiger partial charge in [0.25, 0.3) is 0 Å². The Bertz CT molecular complexity index is 1340. The van der Waals surface area contributed by atoms with Crippen molar-refractivity contribution < 1.29 is 34.4 Å². The van der Waals surface area contributed by atoms with Crippen molar-refractivity contribution in [3.8, 4) is 0 Å². The molecule has 0 spiro atoms. The monoisotopic (exact) mass is 811 g/mol. The number of methoxy groups -OCH3 is 2. The number of aliphatic hydroxyl groups is 3. The number of aliphatic hydroxyl groups excluding tert-OH is 3. The Labute approximate surface area is 353 Å². The highest BCUT2D eigenvalue weighted by Crippen LogP contribution is 2.70. The number of esters is 2. The van der Waals surface area contributed by atoms with Gasteiger partial charge in [-0.05, 0) is 208 Å². The highest BCUT2D eigenvalue weighted by Gasteiger charge is 2.64. The highest BCUT2D eigenvalue weighted by atomic mass is 16.5. The number of fused-ring (bicyclic) bond motifs is 10. The maximum atomic E-state index is 11.7. The highest BCUT2D eigenvalue weighted by molar-refractivity contribution is 5.69. The van der Waals surface area contributed by atoms with Gasteiger partial charge in [-0.3, -0.25) is 9.59 Å². The molecule has 0 radical (unpaired) electrons. The molecule has 332 valence electrons. The van der Waals surface area contributed by atoms with Gasteiger partial charge in [0.1, 0.15) is 0 Å². The fraction of sp³-hybridized carbons (Fsp3) is 0.961. The Hall–Kier alpha value is -1.18. The maximum absolute atomic E-state index is 11.7. The summed E-state index contributed by atoms with van der Waals surface area (Å²) in [5.74, 6) is 8.22. The van der Waals surface area contributed by atoms with E-state index in [0.29, 0.717) is 82.3 Å². The van der Waals surface area contributed by atoms with Crippen LogP contribution in [0.25, 0.3) is 0 Å². The molecule has 0 aromatic rings. The Kier molecular flexibility index (Phi) is 13.3. The van der Waals surface area contributed by atoms with Crippen molar-refractivity contribution >= 4 is 11.9 Å². The van der Waals surface area contributed by atoms with Crippen LogP contribution in [-0.2, 0) is 19.1 Å². The minimum absolute atomic E-state index is 0.0684. The van der Waals surface area contributed by atoms with Crippen molar-refractivity contribution in [1.29, 1.82) is 0 Å². The molecule has 8 saturated carbocycles. The summed E-state index contributed by atoms with van der Waals surface area (Å²) < 4.78 is 9.74. The third kappa shape index (κ3) is 7.78. The van der Waals surface area contributed by atoms with Gasteiger partial charge in [-0.25, -0.2) is 0 Å². The molecular weight excluding hydrogens is 725 g/mol. The normalized spacial score (nSPS) is 50.2. The van der Waals surface area contributed by atoms with E-state index in [-0.39, 0.29) is 41.6 Å². The lowest BCUT2D eigenvalue weighted by Gasteiger charge is -2.62. The predicted molar refractivity (Wildman–Crippen MR) is 229 cm³/mol. The van der Waals surface area contributed by atoms with E-state index in [1.54, 1.807) is 0 Å². The van der Waals surface area contributed by atoms with Crippen LogP contribution in [0.4, 0.5) is 0 Å². The first-order chi connectivity index (χ1) is 27.4. The average molecular weight is 811 g/mol. The predicted octanol–water partition coefficient (Wildman–Crippen LogP) is 10.4. The first-order valence-electron chi connectivity index (χ1n) is 24.6. The quantitative estimate of drug-likeness (QED) is 0.209. The molecule has 58 heavy (non-hydrogen) atoms. The molecule has 0 saturated heterocycles. The van der Waals surface area contributed by atoms with Gasteiger partial charge in [-0.1, -0.05) is 54.9 Å². The summed E-state index contributed by atoms with van der Waals surface area (Å²) in [6.45, 7) is 17.1. The number of carbonyl (C=O) groups excluding carboxylic acids is 2. The molecule has 10 unspecified atom stereocenters. The number of ether oxygens (including phenoxy) is 2. The van der Waals surface area contributed by atoms with Crippen molar-refractivity contribution in [3.05, 3.63) is 0 Å². The fourth-order valence-corrected chi connectivity index (χ4v) is 18.0. The van der Waals surface area contributed by atoms with Crippen LogP contribution >= 0.6 is 0 Å². The van der Waals surface area contributed by atoms with Crippen LogP contribution in [0.1, 0.15) is 177 Å². The van der Waals surface area contributed by atoms with Crippen molar-refractivity contribution in [2.45, 2.75) is 195 Å². The van der Waals surface area contributed by atoms with Crippen LogP contribution in [0.5, 0.6) is 0 Å². The Morgan fingerprint density at radius 1 is 0.534 bits per heavy atom. The van der Waals surface area contributed by atoms with E-state index in [4.69, 9.17) is 9.47 Å². The number of rotatable bonds is 8. The molecule has 0 aromatic carbocycles. The molecule has 0 bridgehead atoms. The molecule has 3 N–H and O–H groups in total. The van der Waals surface area contributed by atoms with Crippen LogP contribution in [-0.4, -0.2) is 59.8 Å².